The summed E-state index contributed by atoms with van der Waals surface area (Å²) in [7, 11) is 0. The number of aromatic carboxylic acids is 1. The van der Waals surface area contributed by atoms with Crippen molar-refractivity contribution < 1.29 is 37.4 Å². The van der Waals surface area contributed by atoms with Crippen molar-refractivity contribution in [3.05, 3.63) is 53.3 Å². The first-order valence-electron chi connectivity index (χ1n) is 8.25. The van der Waals surface area contributed by atoms with Crippen LogP contribution in [-0.2, 0) is 16.9 Å². The van der Waals surface area contributed by atoms with Crippen LogP contribution in [0.5, 0.6) is 11.5 Å². The average molecular weight is 394 g/mol. The molecular formula is C18H13F3N2O5. The van der Waals surface area contributed by atoms with Crippen LogP contribution >= 0.6 is 0 Å². The quantitative estimate of drug-likeness (QED) is 0.855. The number of carboxylic acid groups (broad SMARTS) is 1. The van der Waals surface area contributed by atoms with Gasteiger partial charge >= 0.3 is 12.3 Å². The summed E-state index contributed by atoms with van der Waals surface area (Å²) in [5.74, 6) is -0.850. The van der Waals surface area contributed by atoms with Crippen molar-refractivity contribution in [3.63, 3.8) is 0 Å². The highest BCUT2D eigenvalue weighted by Gasteiger charge is 2.47. The molecule has 7 nitrogen and oxygen atoms in total. The highest BCUT2D eigenvalue weighted by molar-refractivity contribution is 5.85. The van der Waals surface area contributed by atoms with Gasteiger partial charge in [-0.1, -0.05) is 11.2 Å². The summed E-state index contributed by atoms with van der Waals surface area (Å²) >= 11 is 0. The third kappa shape index (κ3) is 3.45. The fraction of sp³-hybridized carbons (Fsp3) is 0.278. The van der Waals surface area contributed by atoms with E-state index in [1.54, 1.807) is 6.07 Å². The van der Waals surface area contributed by atoms with Crippen LogP contribution in [0.4, 0.5) is 13.2 Å². The molecule has 0 unspecified atom stereocenters. The van der Waals surface area contributed by atoms with E-state index in [1.807, 2.05) is 0 Å². The number of benzene rings is 1. The number of fused-ring (bicyclic) bond motifs is 2. The first kappa shape index (κ1) is 18.1. The number of hydrogen-bond donors (Lipinski definition) is 1. The SMILES string of the molecule is O=C(O)c1ccc(OC2=NO[C@]3(CCc4cc(OC(F)(F)F)ccc43)C2)cn1. The number of pyridine rings is 1. The minimum Gasteiger partial charge on any atom is -0.477 e. The third-order valence-corrected chi connectivity index (χ3v) is 4.55. The van der Waals surface area contributed by atoms with E-state index in [0.29, 0.717) is 30.6 Å². The molecule has 0 saturated carbocycles. The number of aromatic nitrogens is 1. The van der Waals surface area contributed by atoms with Gasteiger partial charge in [0.1, 0.15) is 17.2 Å². The van der Waals surface area contributed by atoms with Crippen molar-refractivity contribution in [1.29, 1.82) is 0 Å². The summed E-state index contributed by atoms with van der Waals surface area (Å²) in [5.41, 5.74) is 0.528. The maximum Gasteiger partial charge on any atom is 0.573 e. The van der Waals surface area contributed by atoms with Crippen molar-refractivity contribution in [2.75, 3.05) is 0 Å². The number of rotatable bonds is 3. The van der Waals surface area contributed by atoms with Crippen LogP contribution in [0.15, 0.2) is 41.7 Å². The molecule has 1 aliphatic carbocycles. The average Bonchev–Trinajstić information content (AvgIpc) is 3.18. The van der Waals surface area contributed by atoms with Gasteiger partial charge in [0.05, 0.1) is 12.6 Å². The molecule has 1 N–H and O–H groups in total. The molecule has 1 aromatic carbocycles. The zero-order valence-electron chi connectivity index (χ0n) is 14.2. The molecule has 146 valence electrons. The Labute approximate surface area is 156 Å². The van der Waals surface area contributed by atoms with Gasteiger partial charge in [0.15, 0.2) is 5.60 Å². The van der Waals surface area contributed by atoms with Crippen LogP contribution in [0.3, 0.4) is 0 Å². The van der Waals surface area contributed by atoms with E-state index < -0.39 is 17.9 Å². The first-order chi connectivity index (χ1) is 13.2. The van der Waals surface area contributed by atoms with Crippen molar-refractivity contribution in [2.24, 2.45) is 5.16 Å². The summed E-state index contributed by atoms with van der Waals surface area (Å²) in [5, 5.41) is 12.8. The number of aryl methyl sites for hydroxylation is 1. The predicted octanol–water partition coefficient (Wildman–Crippen LogP) is 3.63. The second-order valence-corrected chi connectivity index (χ2v) is 6.40. The van der Waals surface area contributed by atoms with Crippen LogP contribution in [0, 0.1) is 0 Å². The van der Waals surface area contributed by atoms with Gasteiger partial charge in [-0.05, 0) is 42.7 Å². The van der Waals surface area contributed by atoms with Crippen molar-refractivity contribution in [1.82, 2.24) is 4.98 Å². The number of halogens is 3. The molecule has 10 heteroatoms. The zero-order chi connectivity index (χ0) is 19.9. The van der Waals surface area contributed by atoms with Crippen molar-refractivity contribution in [2.45, 2.75) is 31.2 Å². The van der Waals surface area contributed by atoms with Crippen LogP contribution in [-0.4, -0.2) is 28.3 Å². The lowest BCUT2D eigenvalue weighted by Crippen LogP contribution is -2.24. The number of alkyl halides is 3. The van der Waals surface area contributed by atoms with Crippen LogP contribution in [0.2, 0.25) is 0 Å². The predicted molar refractivity (Wildman–Crippen MR) is 88.1 cm³/mol. The molecule has 0 amide bonds. The van der Waals surface area contributed by atoms with Gasteiger partial charge in [0.25, 0.3) is 0 Å². The van der Waals surface area contributed by atoms with E-state index in [-0.39, 0.29) is 17.3 Å². The molecular weight excluding hydrogens is 381 g/mol. The number of carboxylic acids is 1. The van der Waals surface area contributed by atoms with E-state index >= 15 is 0 Å². The molecule has 1 aliphatic heterocycles. The zero-order valence-corrected chi connectivity index (χ0v) is 14.2. The smallest absolute Gasteiger partial charge is 0.477 e. The minimum absolute atomic E-state index is 0.116. The van der Waals surface area contributed by atoms with E-state index in [0.717, 1.165) is 5.56 Å². The van der Waals surface area contributed by atoms with Crippen LogP contribution in [0.25, 0.3) is 0 Å². The molecule has 1 aromatic heterocycles. The fourth-order valence-corrected chi connectivity index (χ4v) is 3.37. The molecule has 0 saturated heterocycles. The second kappa shape index (κ2) is 6.39. The molecule has 2 heterocycles. The van der Waals surface area contributed by atoms with Gasteiger partial charge in [-0.25, -0.2) is 9.78 Å². The Morgan fingerprint density at radius 2 is 2.00 bits per heavy atom. The molecule has 0 bridgehead atoms. The Morgan fingerprint density at radius 3 is 2.68 bits per heavy atom. The summed E-state index contributed by atoms with van der Waals surface area (Å²) < 4.78 is 46.7. The molecule has 2 aromatic rings. The normalized spacial score (nSPS) is 20.5. The Kier molecular flexibility index (Phi) is 4.13. The van der Waals surface area contributed by atoms with E-state index in [4.69, 9.17) is 14.7 Å². The first-order valence-corrected chi connectivity index (χ1v) is 8.25. The van der Waals surface area contributed by atoms with Gasteiger partial charge in [0.2, 0.25) is 5.90 Å². The van der Waals surface area contributed by atoms with Crippen molar-refractivity contribution >= 4 is 11.9 Å². The largest absolute Gasteiger partial charge is 0.573 e. The topological polar surface area (TPSA) is 90.2 Å². The van der Waals surface area contributed by atoms with Gasteiger partial charge in [-0.3, -0.25) is 0 Å². The lowest BCUT2D eigenvalue weighted by Gasteiger charge is -2.21. The molecule has 4 rings (SSSR count). The van der Waals surface area contributed by atoms with Gasteiger partial charge < -0.3 is 19.4 Å². The van der Waals surface area contributed by atoms with Crippen molar-refractivity contribution in [3.8, 4) is 11.5 Å². The standard InChI is InChI=1S/C18H13F3N2O5/c19-18(20,21)27-11-1-3-13-10(7-11)5-6-17(13)8-15(23-28-17)26-12-2-4-14(16(24)25)22-9-12/h1-4,7,9H,5-6,8H2,(H,24,25)/t17-/m1/s1. The maximum atomic E-state index is 12.4. The summed E-state index contributed by atoms with van der Waals surface area (Å²) in [6.45, 7) is 0. The summed E-state index contributed by atoms with van der Waals surface area (Å²) in [4.78, 5) is 20.2. The molecule has 1 atom stereocenters. The molecule has 28 heavy (non-hydrogen) atoms. The molecule has 1 spiro atoms. The Hall–Kier alpha value is -3.30. The maximum absolute atomic E-state index is 12.4. The monoisotopic (exact) mass is 394 g/mol. The molecule has 0 radical (unpaired) electrons. The van der Waals surface area contributed by atoms with Gasteiger partial charge in [-0.15, -0.1) is 13.2 Å². The number of carbonyl (C=O) groups is 1. The number of ether oxygens (including phenoxy) is 2. The highest BCUT2D eigenvalue weighted by Crippen LogP contribution is 2.47. The van der Waals surface area contributed by atoms with Crippen LogP contribution < -0.4 is 9.47 Å². The summed E-state index contributed by atoms with van der Waals surface area (Å²) in [6, 6.07) is 6.90. The Balaban J connectivity index is 1.47. The molecule has 0 fully saturated rings. The second-order valence-electron chi connectivity index (χ2n) is 6.40. The van der Waals surface area contributed by atoms with Gasteiger partial charge in [-0.2, -0.15) is 0 Å². The number of oxime groups is 1. The Morgan fingerprint density at radius 1 is 1.21 bits per heavy atom. The highest BCUT2D eigenvalue weighted by atomic mass is 19.4. The number of hydrogen-bond acceptors (Lipinski definition) is 6. The number of nitrogens with zero attached hydrogens (tertiary/aromatic N) is 2. The van der Waals surface area contributed by atoms with Gasteiger partial charge in [0, 0.05) is 5.56 Å². The lowest BCUT2D eigenvalue weighted by molar-refractivity contribution is -0.274. The van der Waals surface area contributed by atoms with E-state index in [2.05, 4.69) is 14.9 Å². The minimum atomic E-state index is -4.75. The van der Waals surface area contributed by atoms with Crippen LogP contribution in [0.1, 0.15) is 34.5 Å². The lowest BCUT2D eigenvalue weighted by atomic mass is 9.92. The van der Waals surface area contributed by atoms with E-state index in [9.17, 15) is 18.0 Å². The summed E-state index contributed by atoms with van der Waals surface area (Å²) in [6.07, 6.45) is -2.14. The fourth-order valence-electron chi connectivity index (χ4n) is 3.37. The van der Waals surface area contributed by atoms with E-state index in [1.165, 1.54) is 30.5 Å². The molecule has 2 aliphatic rings. The third-order valence-electron chi connectivity index (χ3n) is 4.55. The Bertz CT molecular complexity index is 959.